The lowest BCUT2D eigenvalue weighted by Gasteiger charge is -2.02. The Morgan fingerprint density at radius 3 is 2.60 bits per heavy atom. The van der Waals surface area contributed by atoms with E-state index in [2.05, 4.69) is 21.6 Å². The summed E-state index contributed by atoms with van der Waals surface area (Å²) in [5.41, 5.74) is 1.43. The molecule has 0 unspecified atom stereocenters. The fraction of sp³-hybridized carbons (Fsp3) is 0.286. The highest BCUT2D eigenvalue weighted by Gasteiger charge is 2.11. The number of anilines is 1. The molecule has 20 heavy (non-hydrogen) atoms. The van der Waals surface area contributed by atoms with Gasteiger partial charge in [0.05, 0.1) is 12.5 Å². The maximum Gasteiger partial charge on any atom is 0.257 e. The van der Waals surface area contributed by atoms with Crippen LogP contribution in [0.4, 0.5) is 5.13 Å². The van der Waals surface area contributed by atoms with Crippen LogP contribution in [-0.4, -0.2) is 16.1 Å². The van der Waals surface area contributed by atoms with E-state index in [1.807, 2.05) is 13.8 Å². The molecule has 1 aromatic carbocycles. The molecular weight excluding hydrogens is 272 g/mol. The van der Waals surface area contributed by atoms with E-state index < -0.39 is 0 Å². The summed E-state index contributed by atoms with van der Waals surface area (Å²) in [5, 5.41) is 20.7. The summed E-state index contributed by atoms with van der Waals surface area (Å²) in [4.78, 5) is 12.0. The van der Waals surface area contributed by atoms with Crippen LogP contribution in [0.15, 0.2) is 24.3 Å². The molecule has 5 nitrogen and oxygen atoms in total. The van der Waals surface area contributed by atoms with Gasteiger partial charge >= 0.3 is 0 Å². The van der Waals surface area contributed by atoms with Crippen molar-refractivity contribution in [1.82, 2.24) is 10.2 Å². The number of carbonyl (C=O) groups excluding carboxylic acids is 1. The average molecular weight is 286 g/mol. The van der Waals surface area contributed by atoms with Gasteiger partial charge in [-0.05, 0) is 17.7 Å². The molecule has 2 rings (SSSR count). The number of rotatable bonds is 4. The largest absolute Gasteiger partial charge is 0.296 e. The molecule has 0 aliphatic rings. The van der Waals surface area contributed by atoms with Crippen molar-refractivity contribution in [3.05, 3.63) is 40.4 Å². The minimum Gasteiger partial charge on any atom is -0.296 e. The predicted molar refractivity (Wildman–Crippen MR) is 77.7 cm³/mol. The second-order valence-electron chi connectivity index (χ2n) is 4.59. The molecule has 6 heteroatoms. The van der Waals surface area contributed by atoms with Gasteiger partial charge in [0.15, 0.2) is 0 Å². The van der Waals surface area contributed by atoms with Gasteiger partial charge in [0.1, 0.15) is 5.01 Å². The van der Waals surface area contributed by atoms with E-state index in [1.165, 1.54) is 11.3 Å². The van der Waals surface area contributed by atoms with E-state index in [4.69, 9.17) is 5.26 Å². The molecule has 0 radical (unpaired) electrons. The Balaban J connectivity index is 2.05. The number of amides is 1. The lowest BCUT2D eigenvalue weighted by molar-refractivity contribution is 0.102. The molecule has 0 bridgehead atoms. The van der Waals surface area contributed by atoms with Crippen LogP contribution < -0.4 is 5.32 Å². The van der Waals surface area contributed by atoms with Crippen molar-refractivity contribution in [3.63, 3.8) is 0 Å². The minimum atomic E-state index is -0.222. The fourth-order valence-corrected chi connectivity index (χ4v) is 2.29. The Kier molecular flexibility index (Phi) is 4.43. The Morgan fingerprint density at radius 1 is 1.35 bits per heavy atom. The van der Waals surface area contributed by atoms with Crippen LogP contribution in [0.5, 0.6) is 0 Å². The van der Waals surface area contributed by atoms with E-state index in [1.54, 1.807) is 24.3 Å². The Hall–Kier alpha value is -2.26. The number of nitriles is 1. The van der Waals surface area contributed by atoms with Crippen molar-refractivity contribution < 1.29 is 4.79 Å². The maximum atomic E-state index is 12.0. The standard InChI is InChI=1S/C14H14N4OS/c1-9(2)13-17-18-14(20-13)16-12(19)11-5-3-10(4-6-11)7-8-15/h3-6,9H,7H2,1-2H3,(H,16,18,19). The third-order valence-corrected chi connectivity index (χ3v) is 3.79. The van der Waals surface area contributed by atoms with Crippen LogP contribution in [0.2, 0.25) is 0 Å². The van der Waals surface area contributed by atoms with E-state index in [0.717, 1.165) is 10.6 Å². The molecule has 0 fully saturated rings. The van der Waals surface area contributed by atoms with Gasteiger partial charge in [-0.3, -0.25) is 10.1 Å². The summed E-state index contributed by atoms with van der Waals surface area (Å²) in [7, 11) is 0. The predicted octanol–water partition coefficient (Wildman–Crippen LogP) is 2.98. The average Bonchev–Trinajstić information content (AvgIpc) is 2.88. The highest BCUT2D eigenvalue weighted by molar-refractivity contribution is 7.15. The van der Waals surface area contributed by atoms with Crippen molar-refractivity contribution in [1.29, 1.82) is 5.26 Å². The van der Waals surface area contributed by atoms with E-state index >= 15 is 0 Å². The highest BCUT2D eigenvalue weighted by atomic mass is 32.1. The van der Waals surface area contributed by atoms with Gasteiger partial charge in [0.2, 0.25) is 5.13 Å². The number of carbonyl (C=O) groups is 1. The van der Waals surface area contributed by atoms with E-state index in [9.17, 15) is 4.79 Å². The van der Waals surface area contributed by atoms with Crippen molar-refractivity contribution in [3.8, 4) is 6.07 Å². The topological polar surface area (TPSA) is 78.7 Å². The number of nitrogens with zero attached hydrogens (tertiary/aromatic N) is 3. The van der Waals surface area contributed by atoms with Crippen LogP contribution in [0, 0.1) is 11.3 Å². The number of benzene rings is 1. The third-order valence-electron chi connectivity index (χ3n) is 2.65. The van der Waals surface area contributed by atoms with Gasteiger partial charge in [0, 0.05) is 11.5 Å². The molecule has 0 aliphatic carbocycles. The summed E-state index contributed by atoms with van der Waals surface area (Å²) >= 11 is 1.38. The van der Waals surface area contributed by atoms with E-state index in [-0.39, 0.29) is 5.91 Å². The normalized spacial score (nSPS) is 10.3. The molecule has 2 aromatic rings. The summed E-state index contributed by atoms with van der Waals surface area (Å²) in [6.07, 6.45) is 0.343. The molecule has 0 saturated heterocycles. The van der Waals surface area contributed by atoms with Crippen LogP contribution in [0.3, 0.4) is 0 Å². The summed E-state index contributed by atoms with van der Waals surface area (Å²) < 4.78 is 0. The third kappa shape index (κ3) is 3.39. The molecule has 1 amide bonds. The fourth-order valence-electron chi connectivity index (χ4n) is 1.55. The van der Waals surface area contributed by atoms with Gasteiger partial charge in [-0.1, -0.05) is 37.3 Å². The van der Waals surface area contributed by atoms with Gasteiger partial charge in [-0.15, -0.1) is 10.2 Å². The van der Waals surface area contributed by atoms with Gasteiger partial charge in [-0.25, -0.2) is 0 Å². The molecule has 1 heterocycles. The van der Waals surface area contributed by atoms with Crippen LogP contribution in [-0.2, 0) is 6.42 Å². The monoisotopic (exact) mass is 286 g/mol. The zero-order chi connectivity index (χ0) is 14.5. The zero-order valence-corrected chi connectivity index (χ0v) is 12.1. The Morgan fingerprint density at radius 2 is 2.05 bits per heavy atom. The van der Waals surface area contributed by atoms with Crippen molar-refractivity contribution >= 4 is 22.4 Å². The molecular formula is C14H14N4OS. The van der Waals surface area contributed by atoms with Gasteiger partial charge < -0.3 is 0 Å². The molecule has 0 aliphatic heterocycles. The molecule has 0 saturated carbocycles. The Bertz CT molecular complexity index is 640. The second-order valence-corrected chi connectivity index (χ2v) is 5.60. The molecule has 1 aromatic heterocycles. The lowest BCUT2D eigenvalue weighted by Crippen LogP contribution is -2.11. The van der Waals surface area contributed by atoms with E-state index in [0.29, 0.717) is 23.0 Å². The molecule has 0 spiro atoms. The first-order chi connectivity index (χ1) is 9.60. The summed E-state index contributed by atoms with van der Waals surface area (Å²) in [6, 6.07) is 9.02. The number of hydrogen-bond donors (Lipinski definition) is 1. The van der Waals surface area contributed by atoms with Gasteiger partial charge in [-0.2, -0.15) is 5.26 Å². The second kappa shape index (κ2) is 6.26. The van der Waals surface area contributed by atoms with Gasteiger partial charge in [0.25, 0.3) is 5.91 Å². The van der Waals surface area contributed by atoms with Crippen molar-refractivity contribution in [2.75, 3.05) is 5.32 Å². The first-order valence-corrected chi connectivity index (χ1v) is 7.02. The summed E-state index contributed by atoms with van der Waals surface area (Å²) in [5.74, 6) is 0.0726. The number of aromatic nitrogens is 2. The first-order valence-electron chi connectivity index (χ1n) is 6.21. The molecule has 102 valence electrons. The van der Waals surface area contributed by atoms with Crippen molar-refractivity contribution in [2.45, 2.75) is 26.2 Å². The Labute approximate surface area is 121 Å². The lowest BCUT2D eigenvalue weighted by atomic mass is 10.1. The van der Waals surface area contributed by atoms with Crippen molar-refractivity contribution in [2.24, 2.45) is 0 Å². The number of nitrogens with one attached hydrogen (secondary N) is 1. The SMILES string of the molecule is CC(C)c1nnc(NC(=O)c2ccc(CC#N)cc2)s1. The smallest absolute Gasteiger partial charge is 0.257 e. The van der Waals surface area contributed by atoms with Crippen LogP contribution in [0.25, 0.3) is 0 Å². The van der Waals surface area contributed by atoms with Crippen LogP contribution >= 0.6 is 11.3 Å². The molecule has 0 atom stereocenters. The van der Waals surface area contributed by atoms with Crippen LogP contribution in [0.1, 0.15) is 40.7 Å². The highest BCUT2D eigenvalue weighted by Crippen LogP contribution is 2.22. The quantitative estimate of drug-likeness (QED) is 0.937. The molecule has 1 N–H and O–H groups in total. The maximum absolute atomic E-state index is 12.0. The minimum absolute atomic E-state index is 0.222. The zero-order valence-electron chi connectivity index (χ0n) is 11.3. The number of hydrogen-bond acceptors (Lipinski definition) is 5. The summed E-state index contributed by atoms with van der Waals surface area (Å²) in [6.45, 7) is 4.06. The first kappa shape index (κ1) is 14.2.